The lowest BCUT2D eigenvalue weighted by Crippen LogP contribution is -1.90. The molecule has 0 saturated heterocycles. The van der Waals surface area contributed by atoms with Gasteiger partial charge >= 0.3 is 0 Å². The van der Waals surface area contributed by atoms with Crippen molar-refractivity contribution in [3.05, 3.63) is 13.8 Å². The van der Waals surface area contributed by atoms with Crippen LogP contribution in [0.4, 0.5) is 0 Å². The average Bonchev–Trinajstić information content (AvgIpc) is 1.68. The summed E-state index contributed by atoms with van der Waals surface area (Å²) < 4.78 is 0. The summed E-state index contributed by atoms with van der Waals surface area (Å²) in [6.07, 6.45) is 2.27. The second-order valence-electron chi connectivity index (χ2n) is 1.46. The maximum Gasteiger partial charge on any atom is 0.00891 e. The summed E-state index contributed by atoms with van der Waals surface area (Å²) in [5, 5.41) is 7.03. The van der Waals surface area contributed by atoms with E-state index in [4.69, 9.17) is 5.41 Å². The third-order valence-electron chi connectivity index (χ3n) is 0.780. The summed E-state index contributed by atoms with van der Waals surface area (Å²) >= 11 is 0. The predicted octanol–water partition coefficient (Wildman–Crippen LogP) is 1.84. The third kappa shape index (κ3) is 3.50. The largest absolute Gasteiger partial charge is 0.310 e. The van der Waals surface area contributed by atoms with E-state index in [1.165, 1.54) is 0 Å². The van der Waals surface area contributed by atoms with E-state index in [-0.39, 0.29) is 0 Å². The van der Waals surface area contributed by atoms with Gasteiger partial charge in [0.2, 0.25) is 0 Å². The molecule has 0 heterocycles. The van der Waals surface area contributed by atoms with E-state index in [0.717, 1.165) is 12.8 Å². The zero-order valence-corrected chi connectivity index (χ0v) is 4.54. The molecule has 0 fully saturated rings. The Morgan fingerprint density at radius 1 is 1.43 bits per heavy atom. The van der Waals surface area contributed by atoms with Gasteiger partial charge in [0.15, 0.2) is 0 Å². The van der Waals surface area contributed by atoms with E-state index in [1.54, 1.807) is 0 Å². The van der Waals surface area contributed by atoms with E-state index >= 15 is 0 Å². The molecule has 0 aliphatic rings. The van der Waals surface area contributed by atoms with Crippen molar-refractivity contribution in [2.75, 3.05) is 0 Å². The molecule has 0 aromatic rings. The molecule has 1 heteroatoms. The minimum absolute atomic E-state index is 0.634. The zero-order chi connectivity index (χ0) is 5.70. The molecule has 0 spiro atoms. The molecule has 0 bridgehead atoms. The summed E-state index contributed by atoms with van der Waals surface area (Å²) in [7, 11) is 0. The molecule has 0 saturated carbocycles. The molecule has 0 aliphatic heterocycles. The molecule has 40 valence electrons. The highest BCUT2D eigenvalue weighted by molar-refractivity contribution is 5.81. The highest BCUT2D eigenvalue weighted by Crippen LogP contribution is 1.90. The summed E-state index contributed by atoms with van der Waals surface area (Å²) in [6, 6.07) is 0. The molecule has 1 nitrogen and oxygen atoms in total. The first-order valence-corrected chi connectivity index (χ1v) is 2.46. The Morgan fingerprint density at radius 3 is 2.14 bits per heavy atom. The number of hydrogen-bond acceptors (Lipinski definition) is 1. The molecule has 7 heavy (non-hydrogen) atoms. The monoisotopic (exact) mass is 97.1 g/mol. The van der Waals surface area contributed by atoms with Crippen molar-refractivity contribution < 1.29 is 0 Å². The van der Waals surface area contributed by atoms with Crippen molar-refractivity contribution in [1.82, 2.24) is 0 Å². The minimum Gasteiger partial charge on any atom is -0.310 e. The van der Waals surface area contributed by atoms with E-state index in [9.17, 15) is 0 Å². The van der Waals surface area contributed by atoms with Gasteiger partial charge in [-0.1, -0.05) is 6.92 Å². The molecule has 0 aliphatic carbocycles. The minimum atomic E-state index is 0.634. The molecule has 0 amide bonds. The molecule has 0 aromatic carbocycles. The third-order valence-corrected chi connectivity index (χ3v) is 0.780. The van der Waals surface area contributed by atoms with Gasteiger partial charge in [0.25, 0.3) is 0 Å². The van der Waals surface area contributed by atoms with Crippen LogP contribution in [0.15, 0.2) is 0 Å². The molecule has 0 unspecified atom stereocenters. The van der Waals surface area contributed by atoms with Crippen molar-refractivity contribution in [2.45, 2.75) is 19.3 Å². The maximum absolute atomic E-state index is 7.03. The van der Waals surface area contributed by atoms with Crippen LogP contribution < -0.4 is 0 Å². The summed E-state index contributed by atoms with van der Waals surface area (Å²) in [5.41, 5.74) is 0.704. The van der Waals surface area contributed by atoms with Crippen LogP contribution in [0.3, 0.4) is 0 Å². The van der Waals surface area contributed by atoms with E-state index in [0.29, 0.717) is 12.1 Å². The first-order valence-electron chi connectivity index (χ1n) is 2.46. The number of nitrogens with one attached hydrogen (secondary N) is 1. The van der Waals surface area contributed by atoms with Gasteiger partial charge in [-0.3, -0.25) is 0 Å². The van der Waals surface area contributed by atoms with Crippen LogP contribution in [-0.2, 0) is 0 Å². The summed E-state index contributed by atoms with van der Waals surface area (Å²) in [4.78, 5) is 0. The van der Waals surface area contributed by atoms with Crippen LogP contribution >= 0.6 is 0 Å². The Hall–Kier alpha value is -0.330. The molecular weight excluding hydrogens is 86.1 g/mol. The topological polar surface area (TPSA) is 23.9 Å². The van der Waals surface area contributed by atoms with Gasteiger partial charge in [0, 0.05) is 5.71 Å². The predicted molar refractivity (Wildman–Crippen MR) is 32.3 cm³/mol. The van der Waals surface area contributed by atoms with Crippen LogP contribution in [0, 0.1) is 19.3 Å². The number of rotatable bonds is 3. The SMILES string of the molecule is [CH2]CCC(=N)C[CH2]. The first kappa shape index (κ1) is 6.67. The highest BCUT2D eigenvalue weighted by atomic mass is 14.4. The Labute approximate surface area is 45.2 Å². The van der Waals surface area contributed by atoms with Crippen LogP contribution in [-0.4, -0.2) is 5.71 Å². The van der Waals surface area contributed by atoms with Gasteiger partial charge < -0.3 is 5.41 Å². The van der Waals surface area contributed by atoms with E-state index in [1.807, 2.05) is 0 Å². The highest BCUT2D eigenvalue weighted by Gasteiger charge is 1.86. The second-order valence-corrected chi connectivity index (χ2v) is 1.46. The van der Waals surface area contributed by atoms with Crippen molar-refractivity contribution in [3.8, 4) is 0 Å². The molecule has 0 rings (SSSR count). The van der Waals surface area contributed by atoms with Crippen molar-refractivity contribution >= 4 is 5.71 Å². The standard InChI is InChI=1S/C6H11N/c1-3-5-6(7)4-2/h7H,1-5H2. The summed E-state index contributed by atoms with van der Waals surface area (Å²) in [6.45, 7) is 7.16. The van der Waals surface area contributed by atoms with Crippen LogP contribution in [0.25, 0.3) is 0 Å². The molecule has 0 atom stereocenters. The second kappa shape index (κ2) is 3.85. The lowest BCUT2D eigenvalue weighted by molar-refractivity contribution is 1.05. The van der Waals surface area contributed by atoms with E-state index < -0.39 is 0 Å². The zero-order valence-electron chi connectivity index (χ0n) is 4.54. The molecule has 1 N–H and O–H groups in total. The Kier molecular flexibility index (Phi) is 3.67. The average molecular weight is 97.2 g/mol. The quantitative estimate of drug-likeness (QED) is 0.519. The van der Waals surface area contributed by atoms with Crippen LogP contribution in [0.2, 0.25) is 0 Å². The van der Waals surface area contributed by atoms with Gasteiger partial charge in [0.1, 0.15) is 0 Å². The van der Waals surface area contributed by atoms with Gasteiger partial charge in [-0.25, -0.2) is 0 Å². The summed E-state index contributed by atoms with van der Waals surface area (Å²) in [5.74, 6) is 0. The van der Waals surface area contributed by atoms with Gasteiger partial charge in [0.05, 0.1) is 0 Å². The fourth-order valence-corrected chi connectivity index (χ4v) is 0.338. The van der Waals surface area contributed by atoms with Gasteiger partial charge in [-0.05, 0) is 26.2 Å². The van der Waals surface area contributed by atoms with Crippen LogP contribution in [0.1, 0.15) is 19.3 Å². The fourth-order valence-electron chi connectivity index (χ4n) is 0.338. The van der Waals surface area contributed by atoms with Crippen molar-refractivity contribution in [1.29, 1.82) is 5.41 Å². The van der Waals surface area contributed by atoms with Crippen molar-refractivity contribution in [2.24, 2.45) is 0 Å². The Bertz CT molecular complexity index is 57.2. The van der Waals surface area contributed by atoms with Gasteiger partial charge in [-0.15, -0.1) is 0 Å². The maximum atomic E-state index is 7.03. The molecule has 0 aromatic heterocycles. The Morgan fingerprint density at radius 2 is 2.00 bits per heavy atom. The fraction of sp³-hybridized carbons (Fsp3) is 0.500. The van der Waals surface area contributed by atoms with Crippen LogP contribution in [0.5, 0.6) is 0 Å². The lowest BCUT2D eigenvalue weighted by atomic mass is 10.2. The smallest absolute Gasteiger partial charge is 0.00891 e. The number of hydrogen-bond donors (Lipinski definition) is 1. The van der Waals surface area contributed by atoms with Crippen molar-refractivity contribution in [3.63, 3.8) is 0 Å². The molecule has 2 radical (unpaired) electrons. The normalized spacial score (nSPS) is 8.86. The van der Waals surface area contributed by atoms with E-state index in [2.05, 4.69) is 13.8 Å². The molecular formula is C6H11N. The lowest BCUT2D eigenvalue weighted by Gasteiger charge is -1.91. The van der Waals surface area contributed by atoms with Gasteiger partial charge in [-0.2, -0.15) is 0 Å². The first-order chi connectivity index (χ1) is 3.31. The Balaban J connectivity index is 3.00.